The van der Waals surface area contributed by atoms with Crippen molar-refractivity contribution in [1.82, 2.24) is 4.98 Å². The van der Waals surface area contributed by atoms with Gasteiger partial charge in [-0.25, -0.2) is 9.78 Å². The SMILES string of the molecule is O=C=NSc1ccccn1. The van der Waals surface area contributed by atoms with Crippen LogP contribution in [0.5, 0.6) is 0 Å². The van der Waals surface area contributed by atoms with Gasteiger partial charge in [-0.3, -0.25) is 0 Å². The van der Waals surface area contributed by atoms with E-state index in [2.05, 4.69) is 9.38 Å². The minimum Gasteiger partial charge on any atom is -0.248 e. The molecule has 0 fully saturated rings. The highest BCUT2D eigenvalue weighted by atomic mass is 32.2. The molecule has 1 aromatic heterocycles. The van der Waals surface area contributed by atoms with Crippen LogP contribution >= 0.6 is 11.9 Å². The number of pyridine rings is 1. The lowest BCUT2D eigenvalue weighted by atomic mass is 10.5. The maximum atomic E-state index is 9.64. The molecule has 0 aromatic carbocycles. The topological polar surface area (TPSA) is 42.3 Å². The van der Waals surface area contributed by atoms with Gasteiger partial charge in [0.1, 0.15) is 5.03 Å². The third-order valence-electron chi connectivity index (χ3n) is 0.814. The predicted molar refractivity (Wildman–Crippen MR) is 38.2 cm³/mol. The summed E-state index contributed by atoms with van der Waals surface area (Å²) in [4.78, 5) is 13.5. The molecule has 0 aliphatic rings. The molecule has 0 unspecified atom stereocenters. The zero-order chi connectivity index (χ0) is 7.23. The molecule has 0 bridgehead atoms. The van der Waals surface area contributed by atoms with Crippen LogP contribution in [0, 0.1) is 0 Å². The van der Waals surface area contributed by atoms with Crippen LogP contribution in [0.1, 0.15) is 0 Å². The molecular weight excluding hydrogens is 148 g/mol. The number of hydrogen-bond acceptors (Lipinski definition) is 4. The summed E-state index contributed by atoms with van der Waals surface area (Å²) in [5, 5.41) is 0.700. The minimum absolute atomic E-state index is 0.700. The zero-order valence-electron chi connectivity index (χ0n) is 5.02. The van der Waals surface area contributed by atoms with Gasteiger partial charge in [0.15, 0.2) is 0 Å². The molecule has 0 aliphatic heterocycles. The predicted octanol–water partition coefficient (Wildman–Crippen LogP) is 1.42. The van der Waals surface area contributed by atoms with E-state index in [1.54, 1.807) is 18.3 Å². The van der Waals surface area contributed by atoms with Crippen molar-refractivity contribution in [2.45, 2.75) is 5.03 Å². The Hall–Kier alpha value is -1.12. The monoisotopic (exact) mass is 152 g/mol. The summed E-state index contributed by atoms with van der Waals surface area (Å²) in [6.07, 6.45) is 3.06. The minimum atomic E-state index is 0.700. The maximum absolute atomic E-state index is 9.64. The fraction of sp³-hybridized carbons (Fsp3) is 0. The van der Waals surface area contributed by atoms with Gasteiger partial charge in [-0.2, -0.15) is 0 Å². The van der Waals surface area contributed by atoms with E-state index in [0.717, 1.165) is 11.9 Å². The lowest BCUT2D eigenvalue weighted by molar-refractivity contribution is 0.566. The molecule has 1 aromatic rings. The van der Waals surface area contributed by atoms with Crippen LogP contribution in [0.15, 0.2) is 33.8 Å². The van der Waals surface area contributed by atoms with Crippen molar-refractivity contribution in [3.8, 4) is 0 Å². The second-order valence-electron chi connectivity index (χ2n) is 1.44. The van der Waals surface area contributed by atoms with Crippen molar-refractivity contribution in [1.29, 1.82) is 0 Å². The number of hydrogen-bond donors (Lipinski definition) is 0. The van der Waals surface area contributed by atoms with E-state index in [1.807, 2.05) is 6.07 Å². The van der Waals surface area contributed by atoms with Crippen molar-refractivity contribution in [2.24, 2.45) is 4.40 Å². The van der Waals surface area contributed by atoms with E-state index in [1.165, 1.54) is 6.08 Å². The van der Waals surface area contributed by atoms with Crippen LogP contribution in [0.4, 0.5) is 0 Å². The lowest BCUT2D eigenvalue weighted by Gasteiger charge is -1.87. The molecule has 3 nitrogen and oxygen atoms in total. The molecular formula is C6H4N2OS. The van der Waals surface area contributed by atoms with E-state index >= 15 is 0 Å². The van der Waals surface area contributed by atoms with Gasteiger partial charge >= 0.3 is 0 Å². The number of nitrogens with zero attached hydrogens (tertiary/aromatic N) is 2. The molecule has 0 saturated carbocycles. The number of isocyanates is 1. The van der Waals surface area contributed by atoms with Gasteiger partial charge in [0.2, 0.25) is 6.08 Å². The Kier molecular flexibility index (Phi) is 2.67. The Bertz CT molecular complexity index is 243. The van der Waals surface area contributed by atoms with Crippen molar-refractivity contribution in [3.05, 3.63) is 24.4 Å². The summed E-state index contributed by atoms with van der Waals surface area (Å²) in [6, 6.07) is 5.40. The van der Waals surface area contributed by atoms with E-state index in [-0.39, 0.29) is 0 Å². The van der Waals surface area contributed by atoms with Crippen LogP contribution in [-0.2, 0) is 4.79 Å². The third-order valence-corrected chi connectivity index (χ3v) is 1.41. The van der Waals surface area contributed by atoms with Gasteiger partial charge in [-0.1, -0.05) is 6.07 Å². The summed E-state index contributed by atoms with van der Waals surface area (Å²) >= 11 is 1.01. The summed E-state index contributed by atoms with van der Waals surface area (Å²) in [5.41, 5.74) is 0. The molecule has 0 aliphatic carbocycles. The molecule has 0 atom stereocenters. The van der Waals surface area contributed by atoms with Crippen molar-refractivity contribution in [2.75, 3.05) is 0 Å². The quantitative estimate of drug-likeness (QED) is 0.365. The molecule has 0 amide bonds. The average molecular weight is 152 g/mol. The van der Waals surface area contributed by atoms with Crippen LogP contribution in [0.3, 0.4) is 0 Å². The van der Waals surface area contributed by atoms with Gasteiger partial charge in [0.25, 0.3) is 0 Å². The van der Waals surface area contributed by atoms with Crippen molar-refractivity contribution in [3.63, 3.8) is 0 Å². The first-order chi connectivity index (χ1) is 4.93. The number of rotatable bonds is 2. The Morgan fingerprint density at radius 3 is 3.10 bits per heavy atom. The first-order valence-electron chi connectivity index (χ1n) is 2.58. The Morgan fingerprint density at radius 2 is 2.50 bits per heavy atom. The van der Waals surface area contributed by atoms with Gasteiger partial charge in [-0.15, -0.1) is 4.40 Å². The molecule has 10 heavy (non-hydrogen) atoms. The second kappa shape index (κ2) is 3.82. The molecule has 0 N–H and O–H groups in total. The highest BCUT2D eigenvalue weighted by Gasteiger charge is 1.87. The van der Waals surface area contributed by atoms with Crippen molar-refractivity contribution >= 4 is 18.0 Å². The van der Waals surface area contributed by atoms with Crippen LogP contribution in [0.25, 0.3) is 0 Å². The first-order valence-corrected chi connectivity index (χ1v) is 3.36. The molecule has 1 rings (SSSR count). The Balaban J connectivity index is 2.67. The summed E-state index contributed by atoms with van der Waals surface area (Å²) in [6.45, 7) is 0. The van der Waals surface area contributed by atoms with Gasteiger partial charge in [0.05, 0.1) is 0 Å². The molecule has 50 valence electrons. The maximum Gasteiger partial charge on any atom is 0.247 e. The molecule has 1 heterocycles. The summed E-state index contributed by atoms with van der Waals surface area (Å²) < 4.78 is 3.29. The normalized spacial score (nSPS) is 8.40. The largest absolute Gasteiger partial charge is 0.248 e. The van der Waals surface area contributed by atoms with E-state index in [0.29, 0.717) is 5.03 Å². The number of carbonyl (C=O) groups excluding carboxylic acids is 1. The third kappa shape index (κ3) is 2.01. The average Bonchev–Trinajstić information content (AvgIpc) is 2.03. The lowest BCUT2D eigenvalue weighted by Crippen LogP contribution is -1.72. The molecule has 0 radical (unpaired) electrons. The highest BCUT2D eigenvalue weighted by Crippen LogP contribution is 2.13. The smallest absolute Gasteiger partial charge is 0.247 e. The van der Waals surface area contributed by atoms with E-state index < -0.39 is 0 Å². The van der Waals surface area contributed by atoms with Gasteiger partial charge in [0, 0.05) is 18.1 Å². The van der Waals surface area contributed by atoms with E-state index in [4.69, 9.17) is 0 Å². The van der Waals surface area contributed by atoms with E-state index in [9.17, 15) is 4.79 Å². The first kappa shape index (κ1) is 6.99. The fourth-order valence-corrected chi connectivity index (χ4v) is 0.845. The standard InChI is InChI=1S/C6H4N2OS/c9-5-8-10-6-3-1-2-4-7-6/h1-4H. The van der Waals surface area contributed by atoms with Gasteiger partial charge in [-0.05, 0) is 12.1 Å². The summed E-state index contributed by atoms with van der Waals surface area (Å²) in [5.74, 6) is 0. The van der Waals surface area contributed by atoms with Crippen LogP contribution in [-0.4, -0.2) is 11.1 Å². The van der Waals surface area contributed by atoms with Crippen LogP contribution in [0.2, 0.25) is 0 Å². The van der Waals surface area contributed by atoms with Gasteiger partial charge < -0.3 is 0 Å². The Labute approximate surface area is 62.3 Å². The van der Waals surface area contributed by atoms with Crippen LogP contribution < -0.4 is 0 Å². The highest BCUT2D eigenvalue weighted by molar-refractivity contribution is 7.98. The zero-order valence-corrected chi connectivity index (χ0v) is 5.84. The summed E-state index contributed by atoms with van der Waals surface area (Å²) in [7, 11) is 0. The number of aromatic nitrogens is 1. The molecule has 0 spiro atoms. The fourth-order valence-electron chi connectivity index (χ4n) is 0.466. The second-order valence-corrected chi connectivity index (χ2v) is 2.23. The molecule has 0 saturated heterocycles. The molecule has 4 heteroatoms. The Morgan fingerprint density at radius 1 is 1.60 bits per heavy atom. The van der Waals surface area contributed by atoms with Crippen molar-refractivity contribution < 1.29 is 4.79 Å².